The van der Waals surface area contributed by atoms with Crippen molar-refractivity contribution in [1.29, 1.82) is 0 Å². The molecule has 0 radical (unpaired) electrons. The number of anilines is 1. The number of carbonyl (C=O) groups excluding carboxylic acids is 2. The second-order valence-electron chi connectivity index (χ2n) is 6.87. The van der Waals surface area contributed by atoms with Gasteiger partial charge in [0.1, 0.15) is 17.8 Å². The quantitative estimate of drug-likeness (QED) is 0.646. The first-order valence-electron chi connectivity index (χ1n) is 8.89. The minimum atomic E-state index is -0.966. The molecule has 4 rings (SSSR count). The molecule has 3 N–H and O–H groups in total. The first kappa shape index (κ1) is 19.2. The Hall–Kier alpha value is -2.09. The molecule has 2 aromatic carbocycles. The van der Waals surface area contributed by atoms with E-state index in [2.05, 4.69) is 26.6 Å². The molecule has 1 fully saturated rings. The van der Waals surface area contributed by atoms with E-state index < -0.39 is 11.5 Å². The third-order valence-corrected chi connectivity index (χ3v) is 6.02. The maximum Gasteiger partial charge on any atom is 0.237 e. The normalized spacial score (nSPS) is 23.3. The zero-order valence-electron chi connectivity index (χ0n) is 14.8. The molecule has 1 spiro atoms. The average molecular weight is 466 g/mol. The third-order valence-electron chi connectivity index (χ3n) is 5.29. The fraction of sp³-hybridized carbons (Fsp3) is 0.300. The Morgan fingerprint density at radius 2 is 2.07 bits per heavy atom. The van der Waals surface area contributed by atoms with Gasteiger partial charge in [-0.2, -0.15) is 0 Å². The lowest BCUT2D eigenvalue weighted by atomic mass is 9.67. The number of aliphatic hydroxyl groups is 1. The Kier molecular flexibility index (Phi) is 5.07. The van der Waals surface area contributed by atoms with Gasteiger partial charge in [0.2, 0.25) is 11.8 Å². The highest BCUT2D eigenvalue weighted by atomic mass is 79.9. The third kappa shape index (κ3) is 3.07. The molecule has 6 nitrogen and oxygen atoms in total. The summed E-state index contributed by atoms with van der Waals surface area (Å²) in [5.41, 5.74) is 1.17. The van der Waals surface area contributed by atoms with E-state index in [1.807, 2.05) is 18.2 Å². The van der Waals surface area contributed by atoms with Gasteiger partial charge in [0.25, 0.3) is 0 Å². The van der Waals surface area contributed by atoms with Gasteiger partial charge in [-0.25, -0.2) is 0 Å². The molecule has 2 heterocycles. The van der Waals surface area contributed by atoms with E-state index >= 15 is 0 Å². The monoisotopic (exact) mass is 464 g/mol. The van der Waals surface area contributed by atoms with Crippen LogP contribution in [0.1, 0.15) is 30.0 Å². The van der Waals surface area contributed by atoms with Crippen LogP contribution in [0.5, 0.6) is 5.75 Å². The van der Waals surface area contributed by atoms with Gasteiger partial charge >= 0.3 is 0 Å². The summed E-state index contributed by atoms with van der Waals surface area (Å²) in [5, 5.41) is 15.6. The second-order valence-corrected chi connectivity index (χ2v) is 8.22. The molecule has 1 saturated heterocycles. The van der Waals surface area contributed by atoms with Gasteiger partial charge in [-0.15, -0.1) is 0 Å². The van der Waals surface area contributed by atoms with Gasteiger partial charge in [-0.05, 0) is 42.3 Å². The smallest absolute Gasteiger partial charge is 0.237 e. The number of piperidine rings is 1. The second kappa shape index (κ2) is 7.39. The van der Waals surface area contributed by atoms with E-state index in [1.165, 1.54) is 0 Å². The highest BCUT2D eigenvalue weighted by Crippen LogP contribution is 2.52. The zero-order valence-corrected chi connectivity index (χ0v) is 17.1. The van der Waals surface area contributed by atoms with Crippen LogP contribution in [0, 0.1) is 0 Å². The molecule has 146 valence electrons. The maximum absolute atomic E-state index is 13.2. The SMILES string of the molecule is O=C1CC[C@]2(C(=O)Nc3cc(Cl)ccc32)[C@@H](c2cc(Br)ccc2OCCO)N1. The topological polar surface area (TPSA) is 87.7 Å². The van der Waals surface area contributed by atoms with Crippen molar-refractivity contribution < 1.29 is 19.4 Å². The maximum atomic E-state index is 13.2. The fourth-order valence-electron chi connectivity index (χ4n) is 4.09. The average Bonchev–Trinajstić information content (AvgIpc) is 2.94. The first-order valence-corrected chi connectivity index (χ1v) is 10.1. The van der Waals surface area contributed by atoms with Crippen LogP contribution in [0.4, 0.5) is 5.69 Å². The number of ether oxygens (including phenoxy) is 1. The number of amides is 2. The molecule has 0 bridgehead atoms. The standard InChI is InChI=1S/C20H18BrClN2O4/c21-11-1-4-16(28-8-7-25)13(9-11)18-20(6-5-17(26)24-18)14-3-2-12(22)10-15(14)23-19(20)27/h1-4,9-10,18,25H,5-8H2,(H,23,27)(H,24,26)/t18-,20-/m1/s1. The predicted octanol–water partition coefficient (Wildman–Crippen LogP) is 3.31. The molecule has 0 aliphatic carbocycles. The molecule has 2 atom stereocenters. The van der Waals surface area contributed by atoms with Crippen LogP contribution in [-0.4, -0.2) is 30.1 Å². The summed E-state index contributed by atoms with van der Waals surface area (Å²) in [5.74, 6) is 0.209. The number of hydrogen-bond acceptors (Lipinski definition) is 4. The van der Waals surface area contributed by atoms with Crippen LogP contribution in [0.25, 0.3) is 0 Å². The van der Waals surface area contributed by atoms with Crippen LogP contribution < -0.4 is 15.4 Å². The van der Waals surface area contributed by atoms with Crippen LogP contribution in [0.3, 0.4) is 0 Å². The van der Waals surface area contributed by atoms with Crippen molar-refractivity contribution >= 4 is 45.0 Å². The summed E-state index contributed by atoms with van der Waals surface area (Å²) < 4.78 is 6.49. The lowest BCUT2D eigenvalue weighted by Crippen LogP contribution is -2.52. The predicted molar refractivity (Wildman–Crippen MR) is 109 cm³/mol. The lowest BCUT2D eigenvalue weighted by Gasteiger charge is -2.40. The highest BCUT2D eigenvalue weighted by Gasteiger charge is 2.56. The molecule has 28 heavy (non-hydrogen) atoms. The minimum absolute atomic E-state index is 0.112. The highest BCUT2D eigenvalue weighted by molar-refractivity contribution is 9.10. The Morgan fingerprint density at radius 1 is 1.25 bits per heavy atom. The number of nitrogens with one attached hydrogen (secondary N) is 2. The summed E-state index contributed by atoms with van der Waals surface area (Å²) in [6.45, 7) is -0.0276. The number of fused-ring (bicyclic) bond motifs is 2. The molecule has 2 aliphatic rings. The Morgan fingerprint density at radius 3 is 2.86 bits per heavy atom. The van der Waals surface area contributed by atoms with Gasteiger partial charge in [-0.3, -0.25) is 9.59 Å². The molecule has 2 aromatic rings. The van der Waals surface area contributed by atoms with Crippen molar-refractivity contribution in [2.24, 2.45) is 0 Å². The molecule has 0 aromatic heterocycles. The van der Waals surface area contributed by atoms with Gasteiger partial charge in [0, 0.05) is 27.2 Å². The molecule has 8 heteroatoms. The van der Waals surface area contributed by atoms with Crippen molar-refractivity contribution in [2.45, 2.75) is 24.3 Å². The number of carbonyl (C=O) groups is 2. The van der Waals surface area contributed by atoms with Gasteiger partial charge < -0.3 is 20.5 Å². The largest absolute Gasteiger partial charge is 0.491 e. The minimum Gasteiger partial charge on any atom is -0.491 e. The van der Waals surface area contributed by atoms with E-state index in [0.717, 1.165) is 10.0 Å². The number of halogens is 2. The summed E-state index contributed by atoms with van der Waals surface area (Å²) in [6, 6.07) is 10.1. The number of hydrogen-bond donors (Lipinski definition) is 3. The van der Waals surface area contributed by atoms with E-state index in [1.54, 1.807) is 18.2 Å². The molecule has 0 saturated carbocycles. The van der Waals surface area contributed by atoms with E-state index in [4.69, 9.17) is 21.4 Å². The molecule has 2 amide bonds. The van der Waals surface area contributed by atoms with E-state index in [0.29, 0.717) is 28.4 Å². The number of benzene rings is 2. The van der Waals surface area contributed by atoms with Crippen molar-refractivity contribution in [1.82, 2.24) is 5.32 Å². The Labute approximate surface area is 175 Å². The van der Waals surface area contributed by atoms with E-state index in [-0.39, 0.29) is 31.4 Å². The number of aliphatic hydroxyl groups excluding tert-OH is 1. The summed E-state index contributed by atoms with van der Waals surface area (Å²) in [7, 11) is 0. The van der Waals surface area contributed by atoms with E-state index in [9.17, 15) is 9.59 Å². The summed E-state index contributed by atoms with van der Waals surface area (Å²) in [4.78, 5) is 25.5. The summed E-state index contributed by atoms with van der Waals surface area (Å²) >= 11 is 9.57. The molecular formula is C20H18BrClN2O4. The molecular weight excluding hydrogens is 448 g/mol. The van der Waals surface area contributed by atoms with Crippen LogP contribution in [0.15, 0.2) is 40.9 Å². The Bertz CT molecular complexity index is 967. The van der Waals surface area contributed by atoms with Crippen LogP contribution in [0.2, 0.25) is 5.02 Å². The van der Waals surface area contributed by atoms with Crippen molar-refractivity contribution in [3.8, 4) is 5.75 Å². The fourth-order valence-corrected chi connectivity index (χ4v) is 4.64. The van der Waals surface area contributed by atoms with Gasteiger partial charge in [0.15, 0.2) is 0 Å². The molecule has 2 aliphatic heterocycles. The first-order chi connectivity index (χ1) is 13.5. The molecule has 0 unspecified atom stereocenters. The van der Waals surface area contributed by atoms with Crippen molar-refractivity contribution in [3.63, 3.8) is 0 Å². The zero-order chi connectivity index (χ0) is 19.9. The van der Waals surface area contributed by atoms with Crippen LogP contribution >= 0.6 is 27.5 Å². The Balaban J connectivity index is 1.89. The van der Waals surface area contributed by atoms with Gasteiger partial charge in [0.05, 0.1) is 12.6 Å². The van der Waals surface area contributed by atoms with Crippen molar-refractivity contribution in [2.75, 3.05) is 18.5 Å². The summed E-state index contributed by atoms with van der Waals surface area (Å²) in [6.07, 6.45) is 0.614. The van der Waals surface area contributed by atoms with Crippen molar-refractivity contribution in [3.05, 3.63) is 57.0 Å². The van der Waals surface area contributed by atoms with Crippen LogP contribution in [-0.2, 0) is 15.0 Å². The number of rotatable bonds is 4. The van der Waals surface area contributed by atoms with Gasteiger partial charge in [-0.1, -0.05) is 33.6 Å². The lowest BCUT2D eigenvalue weighted by molar-refractivity contribution is -0.130.